The van der Waals surface area contributed by atoms with Gasteiger partial charge in [0.2, 0.25) is 0 Å². The first kappa shape index (κ1) is 15.3. The summed E-state index contributed by atoms with van der Waals surface area (Å²) in [5, 5.41) is 3.17. The second-order valence-corrected chi connectivity index (χ2v) is 5.71. The fraction of sp³-hybridized carbons (Fsp3) is 0.316. The summed E-state index contributed by atoms with van der Waals surface area (Å²) in [7, 11) is 0. The van der Waals surface area contributed by atoms with Crippen molar-refractivity contribution in [3.05, 3.63) is 65.8 Å². The third-order valence-electron chi connectivity index (χ3n) is 3.89. The average Bonchev–Trinajstić information content (AvgIpc) is 2.48. The molecular formula is C19H24N2. The number of aryl methyl sites for hydroxylation is 1. The van der Waals surface area contributed by atoms with Gasteiger partial charge in [-0.25, -0.2) is 0 Å². The molecule has 0 spiro atoms. The summed E-state index contributed by atoms with van der Waals surface area (Å²) < 4.78 is 0. The van der Waals surface area contributed by atoms with Crippen molar-refractivity contribution < 1.29 is 0 Å². The van der Waals surface area contributed by atoms with Gasteiger partial charge in [0.05, 0.1) is 12.4 Å². The highest BCUT2D eigenvalue weighted by Gasteiger charge is 2.13. The first-order valence-electron chi connectivity index (χ1n) is 7.45. The van der Waals surface area contributed by atoms with Crippen molar-refractivity contribution in [1.29, 1.82) is 0 Å². The highest BCUT2D eigenvalue weighted by molar-refractivity contribution is 5.74. The largest absolute Gasteiger partial charge is 0.347 e. The number of benzene rings is 1. The van der Waals surface area contributed by atoms with E-state index in [-0.39, 0.29) is 6.04 Å². The van der Waals surface area contributed by atoms with Crippen LogP contribution in [0.25, 0.3) is 5.70 Å². The summed E-state index contributed by atoms with van der Waals surface area (Å²) in [4.78, 5) is 4.58. The van der Waals surface area contributed by atoms with Gasteiger partial charge in [0.15, 0.2) is 0 Å². The van der Waals surface area contributed by atoms with Crippen molar-refractivity contribution in [1.82, 2.24) is 5.32 Å². The zero-order valence-electron chi connectivity index (χ0n) is 13.1. The van der Waals surface area contributed by atoms with Crippen LogP contribution in [-0.4, -0.2) is 12.4 Å². The number of nitrogens with zero attached hydrogens (tertiary/aromatic N) is 1. The van der Waals surface area contributed by atoms with Crippen molar-refractivity contribution in [2.75, 3.05) is 0 Å². The second kappa shape index (κ2) is 7.07. The summed E-state index contributed by atoms with van der Waals surface area (Å²) in [5.74, 6) is 0.486. The van der Waals surface area contributed by atoms with Gasteiger partial charge in [0.25, 0.3) is 0 Å². The molecule has 0 amide bonds. The second-order valence-electron chi connectivity index (χ2n) is 5.71. The lowest BCUT2D eigenvalue weighted by Gasteiger charge is -2.18. The summed E-state index contributed by atoms with van der Waals surface area (Å²) in [6.07, 6.45) is 9.55. The van der Waals surface area contributed by atoms with E-state index in [4.69, 9.17) is 0 Å². The Morgan fingerprint density at radius 3 is 2.67 bits per heavy atom. The van der Waals surface area contributed by atoms with Crippen LogP contribution in [0, 0.1) is 12.8 Å². The van der Waals surface area contributed by atoms with Crippen LogP contribution in [0.5, 0.6) is 0 Å². The lowest BCUT2D eigenvalue weighted by Crippen LogP contribution is -2.17. The predicted molar refractivity (Wildman–Crippen MR) is 92.3 cm³/mol. The summed E-state index contributed by atoms with van der Waals surface area (Å²) in [6.45, 7) is 10.4. The van der Waals surface area contributed by atoms with Crippen LogP contribution in [0.1, 0.15) is 31.4 Å². The van der Waals surface area contributed by atoms with Gasteiger partial charge >= 0.3 is 0 Å². The van der Waals surface area contributed by atoms with Crippen molar-refractivity contribution >= 4 is 12.0 Å². The normalized spacial score (nSPS) is 19.4. The van der Waals surface area contributed by atoms with Crippen molar-refractivity contribution in [2.24, 2.45) is 10.9 Å². The fourth-order valence-electron chi connectivity index (χ4n) is 2.28. The third kappa shape index (κ3) is 4.45. The molecule has 2 rings (SSSR count). The molecule has 1 aromatic carbocycles. The Hall–Kier alpha value is -2.09. The van der Waals surface area contributed by atoms with Crippen LogP contribution >= 0.6 is 0 Å². The van der Waals surface area contributed by atoms with Crippen molar-refractivity contribution in [3.63, 3.8) is 0 Å². The summed E-state index contributed by atoms with van der Waals surface area (Å²) in [5.41, 5.74) is 4.56. The average molecular weight is 280 g/mol. The van der Waals surface area contributed by atoms with Crippen molar-refractivity contribution in [3.8, 4) is 0 Å². The number of nitrogens with one attached hydrogen (secondary N) is 1. The highest BCUT2D eigenvalue weighted by Crippen LogP contribution is 2.21. The SMILES string of the molecule is C=C(NC=NC(C)C1C=CC(C)=CC1)c1ccc(C)cc1. The van der Waals surface area contributed by atoms with Gasteiger partial charge in [-0.15, -0.1) is 0 Å². The molecule has 0 heterocycles. The van der Waals surface area contributed by atoms with Crippen molar-refractivity contribution in [2.45, 2.75) is 33.2 Å². The molecule has 1 aliphatic rings. The minimum absolute atomic E-state index is 0.268. The molecule has 21 heavy (non-hydrogen) atoms. The van der Waals surface area contributed by atoms with Crippen LogP contribution in [0.4, 0.5) is 0 Å². The molecule has 0 aromatic heterocycles. The minimum atomic E-state index is 0.268. The number of allylic oxidation sites excluding steroid dienone is 3. The molecule has 2 heteroatoms. The van der Waals surface area contributed by atoms with Crippen LogP contribution in [0.15, 0.2) is 59.6 Å². The van der Waals surface area contributed by atoms with E-state index in [0.29, 0.717) is 5.92 Å². The van der Waals surface area contributed by atoms with E-state index in [1.807, 2.05) is 0 Å². The number of rotatable bonds is 5. The molecule has 1 N–H and O–H groups in total. The Labute approximate surface area is 128 Å². The molecule has 0 radical (unpaired) electrons. The molecule has 2 nitrogen and oxygen atoms in total. The maximum atomic E-state index is 4.58. The van der Waals surface area contributed by atoms with E-state index in [9.17, 15) is 0 Å². The number of hydrogen-bond acceptors (Lipinski definition) is 1. The molecule has 1 aliphatic carbocycles. The van der Waals surface area contributed by atoms with Crippen LogP contribution in [-0.2, 0) is 0 Å². The fourth-order valence-corrected chi connectivity index (χ4v) is 2.28. The van der Waals surface area contributed by atoms with E-state index < -0.39 is 0 Å². The van der Waals surface area contributed by atoms with Gasteiger partial charge in [-0.05, 0) is 32.8 Å². The molecule has 2 unspecified atom stereocenters. The van der Waals surface area contributed by atoms with E-state index >= 15 is 0 Å². The first-order valence-corrected chi connectivity index (χ1v) is 7.45. The Morgan fingerprint density at radius 2 is 2.05 bits per heavy atom. The van der Waals surface area contributed by atoms with Gasteiger partial charge in [-0.3, -0.25) is 4.99 Å². The van der Waals surface area contributed by atoms with E-state index in [2.05, 4.69) is 80.2 Å². The summed E-state index contributed by atoms with van der Waals surface area (Å²) in [6, 6.07) is 8.58. The molecule has 0 saturated heterocycles. The molecule has 0 bridgehead atoms. The molecule has 0 fully saturated rings. The summed E-state index contributed by atoms with van der Waals surface area (Å²) >= 11 is 0. The lowest BCUT2D eigenvalue weighted by atomic mass is 9.92. The van der Waals surface area contributed by atoms with E-state index in [1.54, 1.807) is 6.34 Å². The first-order chi connectivity index (χ1) is 10.1. The van der Waals surface area contributed by atoms with Gasteiger partial charge in [0.1, 0.15) is 0 Å². The zero-order chi connectivity index (χ0) is 15.2. The number of hydrogen-bond donors (Lipinski definition) is 1. The standard InChI is InChI=1S/C19H24N2/c1-14-5-9-18(10-6-14)16(3)20-13-21-17(4)19-11-7-15(2)8-12-19/h5-11,13,17,19H,3,12H2,1-2,4H3,(H,20,21). The zero-order valence-corrected chi connectivity index (χ0v) is 13.1. The Morgan fingerprint density at radius 1 is 1.33 bits per heavy atom. The number of aliphatic imine (C=N–C) groups is 1. The monoisotopic (exact) mass is 280 g/mol. The smallest absolute Gasteiger partial charge is 0.0871 e. The van der Waals surface area contributed by atoms with Gasteiger partial charge in [-0.1, -0.05) is 60.2 Å². The minimum Gasteiger partial charge on any atom is -0.347 e. The molecule has 110 valence electrons. The molecule has 0 saturated carbocycles. The van der Waals surface area contributed by atoms with Gasteiger partial charge in [-0.2, -0.15) is 0 Å². The van der Waals surface area contributed by atoms with E-state index in [1.165, 1.54) is 11.1 Å². The molecular weight excluding hydrogens is 256 g/mol. The van der Waals surface area contributed by atoms with Crippen LogP contribution < -0.4 is 5.32 Å². The Balaban J connectivity index is 1.86. The molecule has 0 aliphatic heterocycles. The predicted octanol–water partition coefficient (Wildman–Crippen LogP) is 4.49. The van der Waals surface area contributed by atoms with Gasteiger partial charge in [0, 0.05) is 11.6 Å². The topological polar surface area (TPSA) is 24.4 Å². The van der Waals surface area contributed by atoms with Crippen LogP contribution in [0.2, 0.25) is 0 Å². The Kier molecular flexibility index (Phi) is 5.15. The maximum absolute atomic E-state index is 4.58. The lowest BCUT2D eigenvalue weighted by molar-refractivity contribution is 0.539. The Bertz CT molecular complexity index is 576. The van der Waals surface area contributed by atoms with Gasteiger partial charge < -0.3 is 5.32 Å². The quantitative estimate of drug-likeness (QED) is 0.623. The molecule has 2 atom stereocenters. The van der Waals surface area contributed by atoms with Crippen LogP contribution in [0.3, 0.4) is 0 Å². The maximum Gasteiger partial charge on any atom is 0.0871 e. The third-order valence-corrected chi connectivity index (χ3v) is 3.89. The van der Waals surface area contributed by atoms with E-state index in [0.717, 1.165) is 17.7 Å². The highest BCUT2D eigenvalue weighted by atomic mass is 15.0. The molecule has 1 aromatic rings.